The molecule has 1 aliphatic carbocycles. The highest BCUT2D eigenvalue weighted by atomic mass is 16.6. The van der Waals surface area contributed by atoms with Crippen LogP contribution in [0, 0.1) is 13.8 Å². The van der Waals surface area contributed by atoms with Crippen LogP contribution in [0.15, 0.2) is 72.8 Å². The Morgan fingerprint density at radius 2 is 1.53 bits per heavy atom. The van der Waals surface area contributed by atoms with Crippen molar-refractivity contribution in [3.8, 4) is 5.75 Å². The average Bonchev–Trinajstić information content (AvgIpc) is 2.92. The van der Waals surface area contributed by atoms with E-state index in [1.807, 2.05) is 62.4 Å². The number of amides is 3. The second-order valence-electron chi connectivity index (χ2n) is 12.1. The van der Waals surface area contributed by atoms with E-state index >= 15 is 0 Å². The highest BCUT2D eigenvalue weighted by molar-refractivity contribution is 5.99. The lowest BCUT2D eigenvalue weighted by molar-refractivity contribution is -0.145. The highest BCUT2D eigenvalue weighted by Gasteiger charge is 2.43. The molecule has 2 atom stereocenters. The van der Waals surface area contributed by atoms with Gasteiger partial charge >= 0.3 is 6.09 Å². The van der Waals surface area contributed by atoms with E-state index in [0.717, 1.165) is 41.5 Å². The topological polar surface area (TPSA) is 97.0 Å². The molecule has 3 aromatic rings. The van der Waals surface area contributed by atoms with Gasteiger partial charge in [0.15, 0.2) is 0 Å². The zero-order valence-electron chi connectivity index (χ0n) is 26.0. The first kappa shape index (κ1) is 31.6. The predicted molar refractivity (Wildman–Crippen MR) is 168 cm³/mol. The number of benzene rings is 3. The number of methoxy groups -OCH3 is 1. The van der Waals surface area contributed by atoms with E-state index in [1.165, 1.54) is 0 Å². The van der Waals surface area contributed by atoms with Gasteiger partial charge in [-0.15, -0.1) is 0 Å². The molecule has 43 heavy (non-hydrogen) atoms. The van der Waals surface area contributed by atoms with Crippen molar-refractivity contribution in [2.45, 2.75) is 84.0 Å². The molecule has 2 unspecified atom stereocenters. The molecule has 0 aliphatic heterocycles. The zero-order valence-corrected chi connectivity index (χ0v) is 26.0. The molecule has 0 aromatic heterocycles. The van der Waals surface area contributed by atoms with Crippen molar-refractivity contribution in [2.75, 3.05) is 12.4 Å². The first-order valence-electron chi connectivity index (χ1n) is 14.8. The van der Waals surface area contributed by atoms with Crippen molar-refractivity contribution in [1.82, 2.24) is 10.2 Å². The normalized spacial score (nSPS) is 14.6. The van der Waals surface area contributed by atoms with Crippen molar-refractivity contribution in [2.24, 2.45) is 0 Å². The van der Waals surface area contributed by atoms with Gasteiger partial charge in [0.05, 0.1) is 7.11 Å². The summed E-state index contributed by atoms with van der Waals surface area (Å²) in [5, 5.41) is 5.89. The Balaban J connectivity index is 1.77. The van der Waals surface area contributed by atoms with E-state index in [-0.39, 0.29) is 24.3 Å². The Labute approximate surface area is 254 Å². The van der Waals surface area contributed by atoms with Crippen LogP contribution in [0.3, 0.4) is 0 Å². The molecule has 4 rings (SSSR count). The third kappa shape index (κ3) is 8.15. The van der Waals surface area contributed by atoms with Crippen LogP contribution in [0.2, 0.25) is 0 Å². The van der Waals surface area contributed by atoms with Gasteiger partial charge in [-0.2, -0.15) is 0 Å². The van der Waals surface area contributed by atoms with Gasteiger partial charge in [0.1, 0.15) is 23.4 Å². The predicted octanol–water partition coefficient (Wildman–Crippen LogP) is 6.51. The minimum Gasteiger partial charge on any atom is -0.497 e. The number of ether oxygens (including phenoxy) is 2. The number of nitrogens with one attached hydrogen (secondary N) is 2. The molecule has 8 nitrogen and oxygen atoms in total. The Morgan fingerprint density at radius 1 is 0.907 bits per heavy atom. The van der Waals surface area contributed by atoms with Crippen LogP contribution < -0.4 is 15.4 Å². The van der Waals surface area contributed by atoms with Crippen LogP contribution in [0.5, 0.6) is 5.75 Å². The van der Waals surface area contributed by atoms with Gasteiger partial charge in [0.25, 0.3) is 5.91 Å². The number of carbonyl (C=O) groups is 3. The third-order valence-corrected chi connectivity index (χ3v) is 7.69. The van der Waals surface area contributed by atoms with E-state index in [2.05, 4.69) is 10.6 Å². The zero-order chi connectivity index (χ0) is 31.1. The average molecular weight is 586 g/mol. The summed E-state index contributed by atoms with van der Waals surface area (Å²) in [4.78, 5) is 43.8. The lowest BCUT2D eigenvalue weighted by Gasteiger charge is -2.44. The van der Waals surface area contributed by atoms with Gasteiger partial charge < -0.3 is 25.0 Å². The molecule has 3 aromatic carbocycles. The van der Waals surface area contributed by atoms with Gasteiger partial charge in [0, 0.05) is 18.2 Å². The maximum Gasteiger partial charge on any atom is 0.408 e. The van der Waals surface area contributed by atoms with Crippen LogP contribution in [-0.4, -0.2) is 47.6 Å². The van der Waals surface area contributed by atoms with E-state index < -0.39 is 23.8 Å². The molecule has 1 saturated carbocycles. The van der Waals surface area contributed by atoms with Gasteiger partial charge in [-0.3, -0.25) is 9.59 Å². The van der Waals surface area contributed by atoms with E-state index in [9.17, 15) is 14.4 Å². The smallest absolute Gasteiger partial charge is 0.408 e. The number of carbonyl (C=O) groups excluding carboxylic acids is 3. The van der Waals surface area contributed by atoms with Crippen molar-refractivity contribution in [3.05, 3.63) is 95.1 Å². The summed E-state index contributed by atoms with van der Waals surface area (Å²) in [5.41, 5.74) is 3.34. The summed E-state index contributed by atoms with van der Waals surface area (Å²) in [6.45, 7) is 9.25. The molecule has 0 saturated heterocycles. The maximum absolute atomic E-state index is 14.7. The van der Waals surface area contributed by atoms with Crippen molar-refractivity contribution >= 4 is 23.6 Å². The van der Waals surface area contributed by atoms with Crippen molar-refractivity contribution < 1.29 is 23.9 Å². The molecule has 1 fully saturated rings. The Bertz CT molecular complexity index is 1390. The Morgan fingerprint density at radius 3 is 2.07 bits per heavy atom. The van der Waals surface area contributed by atoms with Crippen molar-refractivity contribution in [1.29, 1.82) is 0 Å². The summed E-state index contributed by atoms with van der Waals surface area (Å²) in [7, 11) is 1.59. The summed E-state index contributed by atoms with van der Waals surface area (Å²) in [6, 6.07) is 20.5. The van der Waals surface area contributed by atoms with Gasteiger partial charge in [-0.25, -0.2) is 4.79 Å². The molecular weight excluding hydrogens is 542 g/mol. The Kier molecular flexibility index (Phi) is 10.1. The standard InChI is InChI=1S/C35H43N3O5/c1-23-12-10-13-24(2)30(23)31(32(39)36-26-18-20-28(42-6)21-19-26)38(27-16-11-17-27)33(40)29(22-25-14-8-7-9-15-25)37-34(41)43-35(3,4)5/h7-10,12-15,18-21,27,29,31H,11,16-17,22H2,1-6H3,(H,36,39)(H,37,41). The highest BCUT2D eigenvalue weighted by Crippen LogP contribution is 2.37. The monoisotopic (exact) mass is 585 g/mol. The lowest BCUT2D eigenvalue weighted by atomic mass is 9.86. The van der Waals surface area contributed by atoms with Crippen LogP contribution in [-0.2, 0) is 20.7 Å². The SMILES string of the molecule is COc1ccc(NC(=O)C(c2c(C)cccc2C)N(C(=O)C(Cc2ccccc2)NC(=O)OC(C)(C)C)C2CCC2)cc1. The number of rotatable bonds is 10. The van der Waals surface area contributed by atoms with Crippen molar-refractivity contribution in [3.63, 3.8) is 0 Å². The number of hydrogen-bond donors (Lipinski definition) is 2. The minimum atomic E-state index is -0.946. The minimum absolute atomic E-state index is 0.156. The van der Waals surface area contributed by atoms with Gasteiger partial charge in [-0.05, 0) is 100 Å². The molecule has 1 aliphatic rings. The van der Waals surface area contributed by atoms with E-state index in [0.29, 0.717) is 11.4 Å². The fraction of sp³-hybridized carbons (Fsp3) is 0.400. The quantitative estimate of drug-likeness (QED) is 0.283. The van der Waals surface area contributed by atoms with E-state index in [4.69, 9.17) is 9.47 Å². The summed E-state index contributed by atoms with van der Waals surface area (Å²) < 4.78 is 10.8. The van der Waals surface area contributed by atoms with Gasteiger partial charge in [-0.1, -0.05) is 48.5 Å². The summed E-state index contributed by atoms with van der Waals surface area (Å²) in [6.07, 6.45) is 2.07. The van der Waals surface area contributed by atoms with Crippen LogP contribution in [0.25, 0.3) is 0 Å². The molecule has 0 spiro atoms. The van der Waals surface area contributed by atoms with Crippen LogP contribution in [0.4, 0.5) is 10.5 Å². The first-order chi connectivity index (χ1) is 20.5. The number of anilines is 1. The van der Waals surface area contributed by atoms with E-state index in [1.54, 1.807) is 57.0 Å². The lowest BCUT2D eigenvalue weighted by Crippen LogP contribution is -2.57. The van der Waals surface area contributed by atoms with Crippen LogP contribution >= 0.6 is 0 Å². The largest absolute Gasteiger partial charge is 0.497 e. The number of alkyl carbamates (subject to hydrolysis) is 1. The summed E-state index contributed by atoms with van der Waals surface area (Å²) >= 11 is 0. The number of aryl methyl sites for hydroxylation is 2. The van der Waals surface area contributed by atoms with Gasteiger partial charge in [0.2, 0.25) is 5.91 Å². The number of hydrogen-bond acceptors (Lipinski definition) is 5. The maximum atomic E-state index is 14.7. The molecule has 3 amide bonds. The molecular formula is C35H43N3O5. The number of nitrogens with zero attached hydrogens (tertiary/aromatic N) is 1. The second-order valence-corrected chi connectivity index (χ2v) is 12.1. The second kappa shape index (κ2) is 13.8. The molecule has 2 N–H and O–H groups in total. The third-order valence-electron chi connectivity index (χ3n) is 7.69. The molecule has 0 radical (unpaired) electrons. The molecule has 0 heterocycles. The first-order valence-corrected chi connectivity index (χ1v) is 14.8. The molecule has 228 valence electrons. The summed E-state index contributed by atoms with van der Waals surface area (Å²) in [5.74, 6) is 0.0306. The molecule has 8 heteroatoms. The fourth-order valence-electron chi connectivity index (χ4n) is 5.40. The van der Waals surface area contributed by atoms with Crippen LogP contribution in [0.1, 0.15) is 68.3 Å². The fourth-order valence-corrected chi connectivity index (χ4v) is 5.40. The molecule has 0 bridgehead atoms. The Hall–Kier alpha value is -4.33.